The highest BCUT2D eigenvalue weighted by Gasteiger charge is 2.12. The molecule has 0 saturated heterocycles. The molecule has 0 aliphatic carbocycles. The largest absolute Gasteiger partial charge is 0.454 e. The number of ether oxygens (including phenoxy) is 2. The van der Waals surface area contributed by atoms with Gasteiger partial charge in [0.05, 0.1) is 5.69 Å². The van der Waals surface area contributed by atoms with E-state index < -0.39 is 0 Å². The second-order valence-electron chi connectivity index (χ2n) is 4.60. The summed E-state index contributed by atoms with van der Waals surface area (Å²) >= 11 is 0. The van der Waals surface area contributed by atoms with Crippen molar-refractivity contribution in [3.8, 4) is 11.5 Å². The molecule has 5 nitrogen and oxygen atoms in total. The minimum atomic E-state index is 0.325. The number of fused-ring (bicyclic) bond motifs is 1. The fraction of sp³-hybridized carbons (Fsp3) is 0.357. The number of hydrogen-bond acceptors (Lipinski definition) is 4. The molecule has 0 bridgehead atoms. The van der Waals surface area contributed by atoms with Crippen LogP contribution in [-0.2, 0) is 20.0 Å². The lowest BCUT2D eigenvalue weighted by Gasteiger charge is -2.05. The van der Waals surface area contributed by atoms with Crippen LogP contribution in [0.15, 0.2) is 30.5 Å². The molecule has 0 fully saturated rings. The molecule has 100 valence electrons. The molecule has 0 unspecified atom stereocenters. The molecule has 0 amide bonds. The third-order valence-corrected chi connectivity index (χ3v) is 3.09. The Labute approximate surface area is 112 Å². The number of aromatic nitrogens is 2. The van der Waals surface area contributed by atoms with Crippen molar-refractivity contribution in [3.63, 3.8) is 0 Å². The Kier molecular flexibility index (Phi) is 3.37. The summed E-state index contributed by atoms with van der Waals surface area (Å²) in [6.45, 7) is 2.06. The number of nitrogens with one attached hydrogen (secondary N) is 1. The number of nitrogens with zero attached hydrogens (tertiary/aromatic N) is 2. The topological polar surface area (TPSA) is 48.3 Å². The van der Waals surface area contributed by atoms with Crippen LogP contribution in [0.25, 0.3) is 0 Å². The van der Waals surface area contributed by atoms with Gasteiger partial charge in [-0.3, -0.25) is 4.68 Å². The van der Waals surface area contributed by atoms with Crippen molar-refractivity contribution in [2.75, 3.05) is 13.3 Å². The molecular weight excluding hydrogens is 242 g/mol. The van der Waals surface area contributed by atoms with Crippen LogP contribution in [0.3, 0.4) is 0 Å². The molecular formula is C14H17N3O2. The van der Waals surface area contributed by atoms with Gasteiger partial charge in [0.1, 0.15) is 0 Å². The third kappa shape index (κ3) is 2.88. The Balaban J connectivity index is 1.47. The first-order valence-corrected chi connectivity index (χ1v) is 6.39. The zero-order valence-corrected chi connectivity index (χ0v) is 10.9. The minimum Gasteiger partial charge on any atom is -0.454 e. The quantitative estimate of drug-likeness (QED) is 0.826. The van der Waals surface area contributed by atoms with Crippen molar-refractivity contribution >= 4 is 0 Å². The third-order valence-electron chi connectivity index (χ3n) is 3.09. The van der Waals surface area contributed by atoms with E-state index in [0.29, 0.717) is 6.79 Å². The van der Waals surface area contributed by atoms with E-state index in [1.54, 1.807) is 0 Å². The van der Waals surface area contributed by atoms with E-state index in [2.05, 4.69) is 16.5 Å². The summed E-state index contributed by atoms with van der Waals surface area (Å²) in [5.74, 6) is 1.67. The highest BCUT2D eigenvalue weighted by Crippen LogP contribution is 2.32. The summed E-state index contributed by atoms with van der Waals surface area (Å²) in [6.07, 6.45) is 2.90. The molecule has 1 aliphatic rings. The van der Waals surface area contributed by atoms with Crippen LogP contribution in [0, 0.1) is 0 Å². The first-order valence-electron chi connectivity index (χ1n) is 6.39. The molecule has 3 rings (SSSR count). The number of benzene rings is 1. The Hall–Kier alpha value is -2.01. The van der Waals surface area contributed by atoms with Gasteiger partial charge < -0.3 is 14.8 Å². The van der Waals surface area contributed by atoms with E-state index >= 15 is 0 Å². The van der Waals surface area contributed by atoms with Crippen LogP contribution in [0.2, 0.25) is 0 Å². The van der Waals surface area contributed by atoms with Crippen LogP contribution in [-0.4, -0.2) is 23.1 Å². The average molecular weight is 259 g/mol. The predicted molar refractivity (Wildman–Crippen MR) is 71.2 cm³/mol. The lowest BCUT2D eigenvalue weighted by Crippen LogP contribution is -2.16. The van der Waals surface area contributed by atoms with Gasteiger partial charge in [0.25, 0.3) is 0 Å². The molecule has 2 aromatic rings. The van der Waals surface area contributed by atoms with Crippen LogP contribution >= 0.6 is 0 Å². The predicted octanol–water partition coefficient (Wildman–Crippen LogP) is 1.48. The fourth-order valence-corrected chi connectivity index (χ4v) is 2.10. The molecule has 2 heterocycles. The van der Waals surface area contributed by atoms with Gasteiger partial charge >= 0.3 is 0 Å². The summed E-state index contributed by atoms with van der Waals surface area (Å²) in [7, 11) is 1.93. The zero-order valence-electron chi connectivity index (χ0n) is 10.9. The van der Waals surface area contributed by atoms with Gasteiger partial charge in [-0.1, -0.05) is 6.07 Å². The van der Waals surface area contributed by atoms with Crippen molar-refractivity contribution < 1.29 is 9.47 Å². The maximum atomic E-state index is 5.35. The Morgan fingerprint density at radius 3 is 3.00 bits per heavy atom. The van der Waals surface area contributed by atoms with E-state index in [4.69, 9.17) is 9.47 Å². The Bertz CT molecular complexity index is 566. The second-order valence-corrected chi connectivity index (χ2v) is 4.60. The maximum Gasteiger partial charge on any atom is 0.231 e. The average Bonchev–Trinajstić information content (AvgIpc) is 3.03. The fourth-order valence-electron chi connectivity index (χ4n) is 2.10. The molecule has 19 heavy (non-hydrogen) atoms. The van der Waals surface area contributed by atoms with Gasteiger partial charge in [0.2, 0.25) is 6.79 Å². The van der Waals surface area contributed by atoms with Gasteiger partial charge in [-0.05, 0) is 23.8 Å². The zero-order chi connectivity index (χ0) is 13.1. The van der Waals surface area contributed by atoms with Crippen molar-refractivity contribution in [3.05, 3.63) is 41.7 Å². The highest BCUT2D eigenvalue weighted by atomic mass is 16.7. The first kappa shape index (κ1) is 12.0. The lowest BCUT2D eigenvalue weighted by atomic mass is 10.2. The highest BCUT2D eigenvalue weighted by molar-refractivity contribution is 5.44. The van der Waals surface area contributed by atoms with Crippen LogP contribution in [0.4, 0.5) is 0 Å². The van der Waals surface area contributed by atoms with Crippen molar-refractivity contribution in [1.29, 1.82) is 0 Å². The molecule has 1 aromatic carbocycles. The smallest absolute Gasteiger partial charge is 0.231 e. The minimum absolute atomic E-state index is 0.325. The molecule has 1 N–H and O–H groups in total. The first-order chi connectivity index (χ1) is 9.31. The Morgan fingerprint density at radius 1 is 1.26 bits per heavy atom. The summed E-state index contributed by atoms with van der Waals surface area (Å²) in [5, 5.41) is 7.75. The Morgan fingerprint density at radius 2 is 2.16 bits per heavy atom. The summed E-state index contributed by atoms with van der Waals surface area (Å²) in [5.41, 5.74) is 2.31. The molecule has 0 atom stereocenters. The maximum absolute atomic E-state index is 5.35. The standard InChI is InChI=1S/C14H17N3O2/c1-17-7-5-12(16-17)4-6-15-9-11-2-3-13-14(8-11)19-10-18-13/h2-3,5,7-8,15H,4,6,9-10H2,1H3. The lowest BCUT2D eigenvalue weighted by molar-refractivity contribution is 0.174. The van der Waals surface area contributed by atoms with Crippen LogP contribution in [0.5, 0.6) is 11.5 Å². The SMILES string of the molecule is Cn1ccc(CCNCc2ccc3c(c2)OCO3)n1. The summed E-state index contributed by atoms with van der Waals surface area (Å²) in [6, 6.07) is 8.08. The van der Waals surface area contributed by atoms with Crippen molar-refractivity contribution in [1.82, 2.24) is 15.1 Å². The number of aryl methyl sites for hydroxylation is 1. The molecule has 0 spiro atoms. The van der Waals surface area contributed by atoms with E-state index in [-0.39, 0.29) is 0 Å². The van der Waals surface area contributed by atoms with E-state index in [1.807, 2.05) is 36.1 Å². The van der Waals surface area contributed by atoms with E-state index in [0.717, 1.165) is 36.7 Å². The van der Waals surface area contributed by atoms with Gasteiger partial charge in [-0.15, -0.1) is 0 Å². The van der Waals surface area contributed by atoms with Gasteiger partial charge in [0, 0.05) is 32.8 Å². The second kappa shape index (κ2) is 5.32. The summed E-state index contributed by atoms with van der Waals surface area (Å²) < 4.78 is 12.5. The molecule has 5 heteroatoms. The molecule has 0 saturated carbocycles. The van der Waals surface area contributed by atoms with Crippen LogP contribution in [0.1, 0.15) is 11.3 Å². The van der Waals surface area contributed by atoms with Gasteiger partial charge in [-0.25, -0.2) is 0 Å². The normalized spacial score (nSPS) is 12.9. The van der Waals surface area contributed by atoms with Crippen molar-refractivity contribution in [2.24, 2.45) is 7.05 Å². The van der Waals surface area contributed by atoms with Gasteiger partial charge in [0.15, 0.2) is 11.5 Å². The van der Waals surface area contributed by atoms with Gasteiger partial charge in [-0.2, -0.15) is 5.10 Å². The van der Waals surface area contributed by atoms with E-state index in [1.165, 1.54) is 5.56 Å². The van der Waals surface area contributed by atoms with Crippen molar-refractivity contribution in [2.45, 2.75) is 13.0 Å². The van der Waals surface area contributed by atoms with E-state index in [9.17, 15) is 0 Å². The summed E-state index contributed by atoms with van der Waals surface area (Å²) in [4.78, 5) is 0. The molecule has 1 aliphatic heterocycles. The molecule has 0 radical (unpaired) electrons. The van der Waals surface area contributed by atoms with Crippen LogP contribution < -0.4 is 14.8 Å². The molecule has 1 aromatic heterocycles. The number of hydrogen-bond donors (Lipinski definition) is 1. The monoisotopic (exact) mass is 259 g/mol. The number of rotatable bonds is 5.